The van der Waals surface area contributed by atoms with Crippen molar-refractivity contribution in [2.24, 2.45) is 0 Å². The Bertz CT molecular complexity index is 632. The molecule has 0 radical (unpaired) electrons. The molecule has 0 unspecified atom stereocenters. The molecule has 24 heavy (non-hydrogen) atoms. The molecule has 1 aliphatic rings. The third-order valence-corrected chi connectivity index (χ3v) is 5.26. The maximum atomic E-state index is 12.3. The molecular formula is C14H21N5O3S2. The van der Waals surface area contributed by atoms with Gasteiger partial charge in [0, 0.05) is 18.0 Å². The van der Waals surface area contributed by atoms with Gasteiger partial charge < -0.3 is 20.7 Å². The molecule has 0 aromatic carbocycles. The number of thioether (sulfide) groups is 1. The van der Waals surface area contributed by atoms with Crippen molar-refractivity contribution in [3.05, 3.63) is 11.3 Å². The van der Waals surface area contributed by atoms with Gasteiger partial charge in [0.25, 0.3) is 0 Å². The Morgan fingerprint density at radius 3 is 2.83 bits per heavy atom. The van der Waals surface area contributed by atoms with E-state index >= 15 is 0 Å². The van der Waals surface area contributed by atoms with Gasteiger partial charge in [-0.05, 0) is 20.3 Å². The Morgan fingerprint density at radius 2 is 2.17 bits per heavy atom. The van der Waals surface area contributed by atoms with Crippen LogP contribution in [0.25, 0.3) is 0 Å². The highest BCUT2D eigenvalue weighted by Gasteiger charge is 2.31. The van der Waals surface area contributed by atoms with E-state index < -0.39 is 5.97 Å². The zero-order valence-corrected chi connectivity index (χ0v) is 15.5. The lowest BCUT2D eigenvalue weighted by Gasteiger charge is -2.28. The molecule has 0 saturated carbocycles. The van der Waals surface area contributed by atoms with Gasteiger partial charge in [0.1, 0.15) is 0 Å². The summed E-state index contributed by atoms with van der Waals surface area (Å²) in [4.78, 5) is 24.1. The van der Waals surface area contributed by atoms with E-state index in [9.17, 15) is 9.59 Å². The zero-order valence-electron chi connectivity index (χ0n) is 13.8. The summed E-state index contributed by atoms with van der Waals surface area (Å²) in [6.45, 7) is 6.72. The van der Waals surface area contributed by atoms with Crippen molar-refractivity contribution in [2.45, 2.75) is 37.6 Å². The van der Waals surface area contributed by atoms with Crippen LogP contribution in [0.3, 0.4) is 0 Å². The molecule has 2 amide bonds. The maximum Gasteiger partial charge on any atom is 0.337 e. The van der Waals surface area contributed by atoms with Gasteiger partial charge in [-0.3, -0.25) is 0 Å². The van der Waals surface area contributed by atoms with Crippen molar-refractivity contribution in [3.63, 3.8) is 0 Å². The van der Waals surface area contributed by atoms with E-state index in [0.29, 0.717) is 23.4 Å². The SMILES string of the molecule is CCNc1nnc(SCC2=C(C(=O)OCC)[C@@H](CC)NC(=O)N2)s1. The Hall–Kier alpha value is -1.81. The predicted octanol–water partition coefficient (Wildman–Crippen LogP) is 1.97. The van der Waals surface area contributed by atoms with Gasteiger partial charge in [0.2, 0.25) is 5.13 Å². The number of aromatic nitrogens is 2. The second-order valence-electron chi connectivity index (χ2n) is 4.86. The summed E-state index contributed by atoms with van der Waals surface area (Å²) in [6, 6.07) is -0.656. The molecule has 1 aromatic rings. The van der Waals surface area contributed by atoms with E-state index in [1.54, 1.807) is 6.92 Å². The highest BCUT2D eigenvalue weighted by molar-refractivity contribution is 8.01. The molecule has 0 bridgehead atoms. The monoisotopic (exact) mass is 371 g/mol. The molecule has 1 aliphatic heterocycles. The molecule has 132 valence electrons. The third-order valence-electron chi connectivity index (χ3n) is 3.22. The number of nitrogens with zero attached hydrogens (tertiary/aromatic N) is 2. The fourth-order valence-corrected chi connectivity index (χ4v) is 3.99. The number of ether oxygens (including phenoxy) is 1. The number of nitrogens with one attached hydrogen (secondary N) is 3. The largest absolute Gasteiger partial charge is 0.463 e. The molecule has 1 aromatic heterocycles. The molecule has 0 saturated heterocycles. The van der Waals surface area contributed by atoms with Gasteiger partial charge in [-0.25, -0.2) is 9.59 Å². The number of hydrogen-bond acceptors (Lipinski definition) is 8. The zero-order chi connectivity index (χ0) is 17.5. The normalized spacial score (nSPS) is 17.3. The van der Waals surface area contributed by atoms with E-state index in [1.165, 1.54) is 23.1 Å². The summed E-state index contributed by atoms with van der Waals surface area (Å²) in [5.41, 5.74) is 1.04. The number of carbonyl (C=O) groups is 2. The van der Waals surface area contributed by atoms with Crippen LogP contribution >= 0.6 is 23.1 Å². The van der Waals surface area contributed by atoms with Crippen molar-refractivity contribution in [2.75, 3.05) is 24.2 Å². The van der Waals surface area contributed by atoms with Gasteiger partial charge in [-0.2, -0.15) is 0 Å². The number of esters is 1. The highest BCUT2D eigenvalue weighted by Crippen LogP contribution is 2.28. The average molecular weight is 371 g/mol. The van der Waals surface area contributed by atoms with E-state index in [2.05, 4.69) is 26.1 Å². The minimum atomic E-state index is -0.405. The van der Waals surface area contributed by atoms with Gasteiger partial charge in [0.15, 0.2) is 4.34 Å². The predicted molar refractivity (Wildman–Crippen MR) is 94.2 cm³/mol. The number of amides is 2. The first-order valence-electron chi connectivity index (χ1n) is 7.76. The standard InChI is InChI=1S/C14H21N5O3S2/c1-4-8-10(11(20)22-6-3)9(17-12(21)16-8)7-23-14-19-18-13(24-14)15-5-2/h8H,4-7H2,1-3H3,(H,15,18)(H2,16,17,21)/t8-/m1/s1. The highest BCUT2D eigenvalue weighted by atomic mass is 32.2. The van der Waals surface area contributed by atoms with E-state index in [-0.39, 0.29) is 18.7 Å². The second kappa shape index (κ2) is 8.88. The first kappa shape index (κ1) is 18.5. The second-order valence-corrected chi connectivity index (χ2v) is 7.06. The smallest absolute Gasteiger partial charge is 0.337 e. The average Bonchev–Trinajstić information content (AvgIpc) is 3.00. The molecule has 2 heterocycles. The molecule has 1 atom stereocenters. The summed E-state index contributed by atoms with van der Waals surface area (Å²) < 4.78 is 5.90. The van der Waals surface area contributed by atoms with E-state index in [1.807, 2.05) is 13.8 Å². The minimum absolute atomic E-state index is 0.287. The van der Waals surface area contributed by atoms with Crippen LogP contribution < -0.4 is 16.0 Å². The Balaban J connectivity index is 2.16. The number of anilines is 1. The van der Waals surface area contributed by atoms with Crippen molar-refractivity contribution in [3.8, 4) is 0 Å². The van der Waals surface area contributed by atoms with Gasteiger partial charge in [-0.15, -0.1) is 10.2 Å². The van der Waals surface area contributed by atoms with Crippen LogP contribution in [0.5, 0.6) is 0 Å². The summed E-state index contributed by atoms with van der Waals surface area (Å²) in [5.74, 6) is 0.0109. The molecule has 3 N–H and O–H groups in total. The van der Waals surface area contributed by atoms with Gasteiger partial charge in [0.05, 0.1) is 18.2 Å². The van der Waals surface area contributed by atoms with E-state index in [0.717, 1.165) is 16.0 Å². The lowest BCUT2D eigenvalue weighted by atomic mass is 10.0. The van der Waals surface area contributed by atoms with Crippen LogP contribution in [0.2, 0.25) is 0 Å². The lowest BCUT2D eigenvalue weighted by Crippen LogP contribution is -2.50. The van der Waals surface area contributed by atoms with Crippen LogP contribution in [0.4, 0.5) is 9.93 Å². The van der Waals surface area contributed by atoms with E-state index in [4.69, 9.17) is 4.74 Å². The van der Waals surface area contributed by atoms with Crippen molar-refractivity contribution in [1.82, 2.24) is 20.8 Å². The Kier molecular flexibility index (Phi) is 6.85. The summed E-state index contributed by atoms with van der Waals surface area (Å²) in [5, 5.41) is 17.4. The van der Waals surface area contributed by atoms with Crippen LogP contribution in [0.15, 0.2) is 15.6 Å². The van der Waals surface area contributed by atoms with Crippen LogP contribution in [0.1, 0.15) is 27.2 Å². The molecule has 8 nitrogen and oxygen atoms in total. The fourth-order valence-electron chi connectivity index (χ4n) is 2.20. The summed E-state index contributed by atoms with van der Waals surface area (Å²) >= 11 is 2.86. The minimum Gasteiger partial charge on any atom is -0.463 e. The number of urea groups is 1. The van der Waals surface area contributed by atoms with Crippen LogP contribution in [-0.2, 0) is 9.53 Å². The van der Waals surface area contributed by atoms with Crippen molar-refractivity contribution in [1.29, 1.82) is 0 Å². The molecule has 10 heteroatoms. The summed E-state index contributed by atoms with van der Waals surface area (Å²) in [6.07, 6.45) is 0.610. The third kappa shape index (κ3) is 4.60. The van der Waals surface area contributed by atoms with Crippen molar-refractivity contribution >= 4 is 40.2 Å². The number of rotatable bonds is 8. The fraction of sp³-hybridized carbons (Fsp3) is 0.571. The quantitative estimate of drug-likeness (QED) is 0.474. The summed E-state index contributed by atoms with van der Waals surface area (Å²) in [7, 11) is 0. The van der Waals surface area contributed by atoms with Crippen LogP contribution in [-0.4, -0.2) is 47.1 Å². The molecular weight excluding hydrogens is 350 g/mol. The Morgan fingerprint density at radius 1 is 1.38 bits per heavy atom. The lowest BCUT2D eigenvalue weighted by molar-refractivity contribution is -0.139. The molecule has 0 spiro atoms. The van der Waals surface area contributed by atoms with Gasteiger partial charge in [-0.1, -0.05) is 30.0 Å². The van der Waals surface area contributed by atoms with Crippen LogP contribution in [0, 0.1) is 0 Å². The number of hydrogen-bond donors (Lipinski definition) is 3. The molecule has 0 fully saturated rings. The number of carbonyl (C=O) groups excluding carboxylic acids is 2. The topological polar surface area (TPSA) is 105 Å². The maximum absolute atomic E-state index is 12.3. The molecule has 0 aliphatic carbocycles. The van der Waals surface area contributed by atoms with Gasteiger partial charge >= 0.3 is 12.0 Å². The Labute approximate surface area is 148 Å². The first-order chi connectivity index (χ1) is 11.6. The first-order valence-corrected chi connectivity index (χ1v) is 9.57. The van der Waals surface area contributed by atoms with Crippen molar-refractivity contribution < 1.29 is 14.3 Å². The molecule has 2 rings (SSSR count).